The van der Waals surface area contributed by atoms with Gasteiger partial charge in [0, 0.05) is 6.26 Å². The zero-order valence-electron chi connectivity index (χ0n) is 7.98. The van der Waals surface area contributed by atoms with E-state index in [1.165, 1.54) is 13.2 Å². The minimum Gasteiger partial charge on any atom is -0.480 e. The molecule has 0 N–H and O–H groups in total. The molecule has 0 saturated carbocycles. The molecule has 0 fully saturated rings. The van der Waals surface area contributed by atoms with E-state index in [4.69, 9.17) is 10.00 Å². The summed E-state index contributed by atoms with van der Waals surface area (Å²) in [6.45, 7) is 0. The number of aromatic nitrogens is 1. The first-order valence-corrected chi connectivity index (χ1v) is 6.72. The van der Waals surface area contributed by atoms with Gasteiger partial charge in [0.05, 0.1) is 16.2 Å². The lowest BCUT2D eigenvalue weighted by Gasteiger charge is -2.05. The number of rotatable bonds is 2. The van der Waals surface area contributed by atoms with Crippen LogP contribution in [-0.2, 0) is 9.84 Å². The minimum absolute atomic E-state index is 0.0303. The molecule has 0 saturated heterocycles. The summed E-state index contributed by atoms with van der Waals surface area (Å²) < 4.78 is 28.1. The lowest BCUT2D eigenvalue weighted by atomic mass is 10.3. The van der Waals surface area contributed by atoms with E-state index in [1.807, 2.05) is 22.6 Å². The van der Waals surface area contributed by atoms with Crippen LogP contribution < -0.4 is 4.74 Å². The molecule has 0 aliphatic heterocycles. The van der Waals surface area contributed by atoms with Crippen molar-refractivity contribution in [3.63, 3.8) is 0 Å². The Bertz CT molecular complexity index is 534. The standard InChI is InChI=1S/C8H7IN2O3S/c1-14-7-6(9)3-5(4-10)8(11-7)15(2,12)13/h3H,1-2H3. The van der Waals surface area contributed by atoms with E-state index in [-0.39, 0.29) is 16.5 Å². The Morgan fingerprint density at radius 3 is 2.60 bits per heavy atom. The molecule has 1 aromatic rings. The molecule has 15 heavy (non-hydrogen) atoms. The molecule has 1 rings (SSSR count). The Morgan fingerprint density at radius 1 is 1.60 bits per heavy atom. The van der Waals surface area contributed by atoms with E-state index in [0.29, 0.717) is 3.57 Å². The summed E-state index contributed by atoms with van der Waals surface area (Å²) in [5, 5.41) is 8.52. The van der Waals surface area contributed by atoms with Crippen molar-refractivity contribution in [3.05, 3.63) is 15.2 Å². The molecule has 0 bridgehead atoms. The molecule has 0 aliphatic carbocycles. The third-order valence-corrected chi connectivity index (χ3v) is 3.36. The Morgan fingerprint density at radius 2 is 2.20 bits per heavy atom. The fourth-order valence-corrected chi connectivity index (χ4v) is 2.37. The predicted octanol–water partition coefficient (Wildman–Crippen LogP) is 0.970. The van der Waals surface area contributed by atoms with Gasteiger partial charge < -0.3 is 4.74 Å². The van der Waals surface area contributed by atoms with Crippen LogP contribution in [0.2, 0.25) is 0 Å². The van der Waals surface area contributed by atoms with Crippen molar-refractivity contribution in [1.29, 1.82) is 5.26 Å². The van der Waals surface area contributed by atoms with Crippen molar-refractivity contribution in [2.75, 3.05) is 13.4 Å². The average Bonchev–Trinajstić information content (AvgIpc) is 2.15. The number of methoxy groups -OCH3 is 1. The maximum Gasteiger partial charge on any atom is 0.228 e. The predicted molar refractivity (Wildman–Crippen MR) is 61.3 cm³/mol. The second-order valence-electron chi connectivity index (χ2n) is 2.72. The SMILES string of the molecule is COc1nc(S(C)(=O)=O)c(C#N)cc1I. The topological polar surface area (TPSA) is 80.0 Å². The van der Waals surface area contributed by atoms with E-state index in [1.54, 1.807) is 6.07 Å². The molecule has 0 spiro atoms. The number of nitrogens with zero attached hydrogens (tertiary/aromatic N) is 2. The second-order valence-corrected chi connectivity index (χ2v) is 5.81. The molecule has 0 aliphatic rings. The van der Waals surface area contributed by atoms with Crippen LogP contribution >= 0.6 is 22.6 Å². The highest BCUT2D eigenvalue weighted by molar-refractivity contribution is 14.1. The van der Waals surface area contributed by atoms with Gasteiger partial charge in [0.1, 0.15) is 6.07 Å². The van der Waals surface area contributed by atoms with Gasteiger partial charge in [0.25, 0.3) is 0 Å². The van der Waals surface area contributed by atoms with Gasteiger partial charge in [0.2, 0.25) is 5.88 Å². The van der Waals surface area contributed by atoms with Crippen molar-refractivity contribution in [2.45, 2.75) is 5.03 Å². The second kappa shape index (κ2) is 4.32. The Balaban J connectivity index is 3.59. The minimum atomic E-state index is -3.51. The van der Waals surface area contributed by atoms with E-state index >= 15 is 0 Å². The van der Waals surface area contributed by atoms with Gasteiger partial charge in [-0.1, -0.05) is 0 Å². The number of hydrogen-bond donors (Lipinski definition) is 0. The molecule has 0 aromatic carbocycles. The summed E-state index contributed by atoms with van der Waals surface area (Å²) in [6, 6.07) is 3.23. The smallest absolute Gasteiger partial charge is 0.228 e. The monoisotopic (exact) mass is 338 g/mol. The quantitative estimate of drug-likeness (QED) is 0.751. The number of hydrogen-bond acceptors (Lipinski definition) is 5. The van der Waals surface area contributed by atoms with Gasteiger partial charge >= 0.3 is 0 Å². The maximum absolute atomic E-state index is 11.3. The molecule has 1 heterocycles. The largest absolute Gasteiger partial charge is 0.480 e. The molecular formula is C8H7IN2O3S. The van der Waals surface area contributed by atoms with Crippen LogP contribution in [-0.4, -0.2) is 26.8 Å². The molecule has 1 aromatic heterocycles. The number of pyridine rings is 1. The van der Waals surface area contributed by atoms with E-state index in [0.717, 1.165) is 6.26 Å². The van der Waals surface area contributed by atoms with E-state index < -0.39 is 9.84 Å². The van der Waals surface area contributed by atoms with Crippen LogP contribution in [0, 0.1) is 14.9 Å². The lowest BCUT2D eigenvalue weighted by molar-refractivity contribution is 0.390. The molecule has 80 valence electrons. The van der Waals surface area contributed by atoms with Crippen LogP contribution in [0.3, 0.4) is 0 Å². The van der Waals surface area contributed by atoms with Crippen molar-refractivity contribution >= 4 is 32.4 Å². The molecular weight excluding hydrogens is 331 g/mol. The normalized spacial score (nSPS) is 10.8. The van der Waals surface area contributed by atoms with Crippen LogP contribution in [0.15, 0.2) is 11.1 Å². The maximum atomic E-state index is 11.3. The van der Waals surface area contributed by atoms with Gasteiger partial charge in [-0.25, -0.2) is 8.42 Å². The summed E-state index contributed by atoms with van der Waals surface area (Å²) in [7, 11) is -2.12. The first kappa shape index (κ1) is 12.2. The Labute approximate surface area is 101 Å². The first-order valence-electron chi connectivity index (χ1n) is 3.75. The highest BCUT2D eigenvalue weighted by Crippen LogP contribution is 2.23. The van der Waals surface area contributed by atoms with E-state index in [2.05, 4.69) is 4.98 Å². The van der Waals surface area contributed by atoms with Gasteiger partial charge in [-0.15, -0.1) is 0 Å². The number of sulfone groups is 1. The molecule has 0 unspecified atom stereocenters. The molecule has 0 radical (unpaired) electrons. The highest BCUT2D eigenvalue weighted by Gasteiger charge is 2.18. The summed E-state index contributed by atoms with van der Waals surface area (Å²) in [4.78, 5) is 3.79. The van der Waals surface area contributed by atoms with Crippen LogP contribution in [0.4, 0.5) is 0 Å². The zero-order valence-corrected chi connectivity index (χ0v) is 11.0. The van der Waals surface area contributed by atoms with Crippen molar-refractivity contribution in [1.82, 2.24) is 4.98 Å². The fraction of sp³-hybridized carbons (Fsp3) is 0.250. The summed E-state index contributed by atoms with van der Waals surface area (Å²) in [6.07, 6.45) is 1.00. The van der Waals surface area contributed by atoms with E-state index in [9.17, 15) is 8.42 Å². The number of nitriles is 1. The van der Waals surface area contributed by atoms with Gasteiger partial charge in [-0.3, -0.25) is 0 Å². The lowest BCUT2D eigenvalue weighted by Crippen LogP contribution is -2.06. The van der Waals surface area contributed by atoms with Gasteiger partial charge in [-0.05, 0) is 28.7 Å². The zero-order chi connectivity index (χ0) is 11.6. The van der Waals surface area contributed by atoms with Crippen LogP contribution in [0.1, 0.15) is 5.56 Å². The Hall–Kier alpha value is -0.880. The molecule has 0 amide bonds. The third-order valence-electron chi connectivity index (χ3n) is 1.57. The van der Waals surface area contributed by atoms with Crippen molar-refractivity contribution in [2.24, 2.45) is 0 Å². The fourth-order valence-electron chi connectivity index (χ4n) is 0.962. The summed E-state index contributed by atoms with van der Waals surface area (Å²) >= 11 is 1.92. The van der Waals surface area contributed by atoms with Crippen LogP contribution in [0.25, 0.3) is 0 Å². The van der Waals surface area contributed by atoms with Crippen LogP contribution in [0.5, 0.6) is 5.88 Å². The van der Waals surface area contributed by atoms with Gasteiger partial charge in [0.15, 0.2) is 14.9 Å². The average molecular weight is 338 g/mol. The Kier molecular flexibility index (Phi) is 3.51. The molecule has 0 atom stereocenters. The molecule has 5 nitrogen and oxygen atoms in total. The van der Waals surface area contributed by atoms with Crippen molar-refractivity contribution in [3.8, 4) is 11.9 Å². The summed E-state index contributed by atoms with van der Waals surface area (Å²) in [5.41, 5.74) is 0.0303. The first-order chi connectivity index (χ1) is 6.90. The summed E-state index contributed by atoms with van der Waals surface area (Å²) in [5.74, 6) is 0.204. The molecule has 7 heteroatoms. The number of ether oxygens (including phenoxy) is 1. The van der Waals surface area contributed by atoms with Gasteiger partial charge in [-0.2, -0.15) is 10.2 Å². The highest BCUT2D eigenvalue weighted by atomic mass is 127. The van der Waals surface area contributed by atoms with Crippen molar-refractivity contribution < 1.29 is 13.2 Å². The number of halogens is 1. The third kappa shape index (κ3) is 2.57.